The highest BCUT2D eigenvalue weighted by Gasteiger charge is 2.19. The highest BCUT2D eigenvalue weighted by atomic mass is 35.5. The Morgan fingerprint density at radius 3 is 2.42 bits per heavy atom. The third kappa shape index (κ3) is 3.83. The van der Waals surface area contributed by atoms with Gasteiger partial charge in [0.05, 0.1) is 11.3 Å². The van der Waals surface area contributed by atoms with Crippen molar-refractivity contribution < 1.29 is 4.79 Å². The van der Waals surface area contributed by atoms with Gasteiger partial charge in [-0.25, -0.2) is 0 Å². The van der Waals surface area contributed by atoms with E-state index in [9.17, 15) is 4.79 Å². The zero-order valence-electron chi connectivity index (χ0n) is 15.1. The Hall–Kier alpha value is -2.52. The van der Waals surface area contributed by atoms with Crippen molar-refractivity contribution in [2.45, 2.75) is 26.7 Å². The SMILES string of the molecule is CCCCNC(=O)c1cc(-c2ccc(Cl)cc2)n(-c2ccccc2)c1C. The first kappa shape index (κ1) is 18.3. The summed E-state index contributed by atoms with van der Waals surface area (Å²) in [4.78, 5) is 12.7. The van der Waals surface area contributed by atoms with Gasteiger partial charge in [-0.1, -0.05) is 55.3 Å². The molecule has 4 heteroatoms. The number of unbranched alkanes of at least 4 members (excludes halogenated alkanes) is 1. The Morgan fingerprint density at radius 2 is 1.77 bits per heavy atom. The molecule has 26 heavy (non-hydrogen) atoms. The van der Waals surface area contributed by atoms with E-state index >= 15 is 0 Å². The summed E-state index contributed by atoms with van der Waals surface area (Å²) in [7, 11) is 0. The summed E-state index contributed by atoms with van der Waals surface area (Å²) in [5, 5.41) is 3.72. The van der Waals surface area contributed by atoms with Crippen LogP contribution in [-0.4, -0.2) is 17.0 Å². The van der Waals surface area contributed by atoms with Crippen molar-refractivity contribution in [1.82, 2.24) is 9.88 Å². The van der Waals surface area contributed by atoms with E-state index in [1.54, 1.807) is 0 Å². The number of carbonyl (C=O) groups excluding carboxylic acids is 1. The van der Waals surface area contributed by atoms with Crippen LogP contribution in [-0.2, 0) is 0 Å². The molecule has 1 aromatic heterocycles. The Balaban J connectivity index is 2.08. The second-order valence-electron chi connectivity index (χ2n) is 6.32. The van der Waals surface area contributed by atoms with Gasteiger partial charge in [0, 0.05) is 22.9 Å². The van der Waals surface area contributed by atoms with Gasteiger partial charge in [-0.2, -0.15) is 0 Å². The normalized spacial score (nSPS) is 10.7. The molecule has 0 spiro atoms. The maximum atomic E-state index is 12.7. The van der Waals surface area contributed by atoms with Crippen molar-refractivity contribution in [3.8, 4) is 16.9 Å². The molecule has 0 atom stereocenters. The molecule has 0 radical (unpaired) electrons. The second kappa shape index (κ2) is 8.24. The van der Waals surface area contributed by atoms with Gasteiger partial charge in [-0.3, -0.25) is 4.79 Å². The van der Waals surface area contributed by atoms with E-state index in [-0.39, 0.29) is 5.91 Å². The molecule has 0 bridgehead atoms. The maximum absolute atomic E-state index is 12.7. The van der Waals surface area contributed by atoms with E-state index < -0.39 is 0 Å². The Bertz CT molecular complexity index is 883. The molecule has 0 fully saturated rings. The third-order valence-corrected chi connectivity index (χ3v) is 4.71. The molecule has 3 aromatic rings. The lowest BCUT2D eigenvalue weighted by Crippen LogP contribution is -2.24. The van der Waals surface area contributed by atoms with Crippen molar-refractivity contribution in [3.63, 3.8) is 0 Å². The molecular formula is C22H23ClN2O. The van der Waals surface area contributed by atoms with E-state index in [1.165, 1.54) is 0 Å². The largest absolute Gasteiger partial charge is 0.352 e. The van der Waals surface area contributed by atoms with Crippen molar-refractivity contribution in [2.24, 2.45) is 0 Å². The van der Waals surface area contributed by atoms with Crippen LogP contribution < -0.4 is 5.32 Å². The maximum Gasteiger partial charge on any atom is 0.253 e. The number of halogens is 1. The van der Waals surface area contributed by atoms with Crippen LogP contribution in [0.4, 0.5) is 0 Å². The predicted octanol–water partition coefficient (Wildman–Crippen LogP) is 5.64. The fraction of sp³-hybridized carbons (Fsp3) is 0.227. The quantitative estimate of drug-likeness (QED) is 0.563. The summed E-state index contributed by atoms with van der Waals surface area (Å²) in [6, 6.07) is 19.8. The van der Waals surface area contributed by atoms with Crippen LogP contribution in [0.5, 0.6) is 0 Å². The standard InChI is InChI=1S/C22H23ClN2O/c1-3-4-14-24-22(26)20-15-21(17-10-12-18(23)13-11-17)25(16(20)2)19-8-6-5-7-9-19/h5-13,15H,3-4,14H2,1-2H3,(H,24,26). The van der Waals surface area contributed by atoms with Gasteiger partial charge in [-0.15, -0.1) is 0 Å². The van der Waals surface area contributed by atoms with Crippen molar-refractivity contribution in [3.05, 3.63) is 76.9 Å². The molecule has 0 unspecified atom stereocenters. The van der Waals surface area contributed by atoms with Crippen molar-refractivity contribution >= 4 is 17.5 Å². The minimum atomic E-state index is -0.0270. The second-order valence-corrected chi connectivity index (χ2v) is 6.75. The highest BCUT2D eigenvalue weighted by Crippen LogP contribution is 2.30. The molecule has 0 saturated heterocycles. The summed E-state index contributed by atoms with van der Waals surface area (Å²) < 4.78 is 2.12. The van der Waals surface area contributed by atoms with E-state index in [4.69, 9.17) is 11.6 Å². The number of rotatable bonds is 6. The van der Waals surface area contributed by atoms with Crippen LogP contribution in [0, 0.1) is 6.92 Å². The lowest BCUT2D eigenvalue weighted by Gasteiger charge is -2.12. The number of hydrogen-bond donors (Lipinski definition) is 1. The van der Waals surface area contributed by atoms with Gasteiger partial charge in [0.1, 0.15) is 0 Å². The molecule has 0 aliphatic carbocycles. The van der Waals surface area contributed by atoms with Gasteiger partial charge in [0.25, 0.3) is 5.91 Å². The number of carbonyl (C=O) groups is 1. The topological polar surface area (TPSA) is 34.0 Å². The lowest BCUT2D eigenvalue weighted by molar-refractivity contribution is 0.0952. The average molecular weight is 367 g/mol. The van der Waals surface area contributed by atoms with Gasteiger partial charge >= 0.3 is 0 Å². The molecule has 0 aliphatic heterocycles. The summed E-state index contributed by atoms with van der Waals surface area (Å²) >= 11 is 6.04. The van der Waals surface area contributed by atoms with Crippen LogP contribution in [0.25, 0.3) is 16.9 Å². The number of nitrogens with zero attached hydrogens (tertiary/aromatic N) is 1. The van der Waals surface area contributed by atoms with Crippen molar-refractivity contribution in [1.29, 1.82) is 0 Å². The summed E-state index contributed by atoms with van der Waals surface area (Å²) in [5.74, 6) is -0.0270. The van der Waals surface area contributed by atoms with Crippen molar-refractivity contribution in [2.75, 3.05) is 6.54 Å². The molecule has 1 amide bonds. The molecule has 3 nitrogen and oxygen atoms in total. The summed E-state index contributed by atoms with van der Waals surface area (Å²) in [5.41, 5.74) is 4.66. The lowest BCUT2D eigenvalue weighted by atomic mass is 10.1. The monoisotopic (exact) mass is 366 g/mol. The zero-order valence-corrected chi connectivity index (χ0v) is 15.9. The Morgan fingerprint density at radius 1 is 1.08 bits per heavy atom. The number of hydrogen-bond acceptors (Lipinski definition) is 1. The van der Waals surface area contributed by atoms with Crippen LogP contribution >= 0.6 is 11.6 Å². The number of para-hydroxylation sites is 1. The molecule has 0 aliphatic rings. The minimum absolute atomic E-state index is 0.0270. The van der Waals surface area contributed by atoms with E-state index in [2.05, 4.69) is 16.8 Å². The van der Waals surface area contributed by atoms with Crippen LogP contribution in [0.2, 0.25) is 5.02 Å². The van der Waals surface area contributed by atoms with Gasteiger partial charge in [0.2, 0.25) is 0 Å². The summed E-state index contributed by atoms with van der Waals surface area (Å²) in [6.45, 7) is 4.80. The summed E-state index contributed by atoms with van der Waals surface area (Å²) in [6.07, 6.45) is 2.04. The number of aromatic nitrogens is 1. The number of nitrogens with one attached hydrogen (secondary N) is 1. The molecule has 134 valence electrons. The minimum Gasteiger partial charge on any atom is -0.352 e. The number of benzene rings is 2. The van der Waals surface area contributed by atoms with Crippen LogP contribution in [0.15, 0.2) is 60.7 Å². The van der Waals surface area contributed by atoms with Gasteiger partial charge in [0.15, 0.2) is 0 Å². The zero-order chi connectivity index (χ0) is 18.5. The first-order chi connectivity index (χ1) is 12.6. The van der Waals surface area contributed by atoms with Gasteiger partial charge < -0.3 is 9.88 Å². The van der Waals surface area contributed by atoms with E-state index in [0.29, 0.717) is 17.1 Å². The average Bonchev–Trinajstić information content (AvgIpc) is 3.00. The fourth-order valence-corrected chi connectivity index (χ4v) is 3.18. The molecule has 0 saturated carbocycles. The molecule has 1 heterocycles. The molecule has 2 aromatic carbocycles. The predicted molar refractivity (Wildman–Crippen MR) is 108 cm³/mol. The Kier molecular flexibility index (Phi) is 5.79. The number of amides is 1. The Labute approximate surface area is 159 Å². The van der Waals surface area contributed by atoms with E-state index in [1.807, 2.05) is 67.6 Å². The van der Waals surface area contributed by atoms with Crippen LogP contribution in [0.1, 0.15) is 35.8 Å². The smallest absolute Gasteiger partial charge is 0.253 e. The van der Waals surface area contributed by atoms with Crippen LogP contribution in [0.3, 0.4) is 0 Å². The first-order valence-corrected chi connectivity index (χ1v) is 9.31. The highest BCUT2D eigenvalue weighted by molar-refractivity contribution is 6.30. The molecular weight excluding hydrogens is 344 g/mol. The van der Waals surface area contributed by atoms with Gasteiger partial charge in [-0.05, 0) is 49.2 Å². The first-order valence-electron chi connectivity index (χ1n) is 8.93. The van der Waals surface area contributed by atoms with E-state index in [0.717, 1.165) is 35.5 Å². The molecule has 1 N–H and O–H groups in total. The fourth-order valence-electron chi connectivity index (χ4n) is 3.05. The third-order valence-electron chi connectivity index (χ3n) is 4.46. The molecule has 3 rings (SSSR count).